The number of aliphatic imine (C=N–C) groups is 1. The summed E-state index contributed by atoms with van der Waals surface area (Å²) in [5.41, 5.74) is 0.949. The van der Waals surface area contributed by atoms with Gasteiger partial charge in [0.1, 0.15) is 5.82 Å². The van der Waals surface area contributed by atoms with Crippen LogP contribution in [0.1, 0.15) is 39.2 Å². The van der Waals surface area contributed by atoms with Crippen molar-refractivity contribution in [2.45, 2.75) is 40.2 Å². The Morgan fingerprint density at radius 3 is 2.54 bits per heavy atom. The molecule has 0 spiro atoms. The van der Waals surface area contributed by atoms with Crippen LogP contribution in [0, 0.1) is 5.82 Å². The van der Waals surface area contributed by atoms with Crippen molar-refractivity contribution in [2.75, 3.05) is 39.8 Å². The summed E-state index contributed by atoms with van der Waals surface area (Å²) in [6.45, 7) is 12.1. The van der Waals surface area contributed by atoms with Crippen LogP contribution in [0.15, 0.2) is 29.3 Å². The fourth-order valence-corrected chi connectivity index (χ4v) is 2.63. The van der Waals surface area contributed by atoms with Crippen LogP contribution < -0.4 is 5.32 Å². The van der Waals surface area contributed by atoms with Crippen molar-refractivity contribution in [2.24, 2.45) is 4.99 Å². The van der Waals surface area contributed by atoms with Crippen LogP contribution in [0.25, 0.3) is 0 Å². The first-order valence-corrected chi connectivity index (χ1v) is 9.06. The van der Waals surface area contributed by atoms with E-state index in [0.29, 0.717) is 6.54 Å². The molecule has 1 rings (SSSR count). The Morgan fingerprint density at radius 2 is 1.92 bits per heavy atom. The molecule has 1 N–H and O–H groups in total. The molecule has 0 bridgehead atoms. The van der Waals surface area contributed by atoms with Gasteiger partial charge < -0.3 is 15.1 Å². The van der Waals surface area contributed by atoms with Gasteiger partial charge >= 0.3 is 0 Å². The van der Waals surface area contributed by atoms with Gasteiger partial charge in [-0.3, -0.25) is 4.99 Å². The molecule has 4 nitrogen and oxygen atoms in total. The Hall–Kier alpha value is -1.62. The Bertz CT molecular complexity index is 486. The molecule has 1 aromatic carbocycles. The summed E-state index contributed by atoms with van der Waals surface area (Å²) >= 11 is 0. The number of rotatable bonds is 10. The molecular weight excluding hydrogens is 303 g/mol. The Balaban J connectivity index is 2.48. The summed E-state index contributed by atoms with van der Waals surface area (Å²) in [5.74, 6) is 0.684. The number of nitrogens with one attached hydrogen (secondary N) is 1. The first-order valence-electron chi connectivity index (χ1n) is 9.06. The normalized spacial score (nSPS) is 11.8. The molecule has 0 unspecified atom stereocenters. The van der Waals surface area contributed by atoms with E-state index in [-0.39, 0.29) is 5.82 Å². The highest BCUT2D eigenvalue weighted by Crippen LogP contribution is 2.06. The molecule has 0 saturated heterocycles. The predicted octanol–water partition coefficient (Wildman–Crippen LogP) is 3.35. The number of guanidine groups is 1. The number of hydrogen-bond acceptors (Lipinski definition) is 2. The molecule has 0 aliphatic heterocycles. The smallest absolute Gasteiger partial charge is 0.193 e. The highest BCUT2D eigenvalue weighted by molar-refractivity contribution is 5.79. The average Bonchev–Trinajstić information content (AvgIpc) is 2.57. The van der Waals surface area contributed by atoms with E-state index >= 15 is 0 Å². The molecule has 0 aliphatic carbocycles. The van der Waals surface area contributed by atoms with E-state index < -0.39 is 0 Å². The highest BCUT2D eigenvalue weighted by atomic mass is 19.1. The van der Waals surface area contributed by atoms with E-state index in [1.807, 2.05) is 18.0 Å². The van der Waals surface area contributed by atoms with Gasteiger partial charge in [0.25, 0.3) is 0 Å². The maximum Gasteiger partial charge on any atom is 0.193 e. The Labute approximate surface area is 146 Å². The van der Waals surface area contributed by atoms with E-state index in [1.54, 1.807) is 12.1 Å². The fourth-order valence-electron chi connectivity index (χ4n) is 2.63. The molecule has 0 heterocycles. The maximum absolute atomic E-state index is 13.3. The standard InChI is InChI=1S/C19H33FN4/c1-5-21-19(22-13-8-9-14-24(6-2)7-3)23(4)16-17-11-10-12-18(20)15-17/h10-12,15H,5-9,13-14,16H2,1-4H3,(H,21,22). The van der Waals surface area contributed by atoms with Gasteiger partial charge in [-0.2, -0.15) is 0 Å². The van der Waals surface area contributed by atoms with Crippen LogP contribution in [0.4, 0.5) is 4.39 Å². The minimum absolute atomic E-state index is 0.195. The first-order chi connectivity index (χ1) is 11.6. The van der Waals surface area contributed by atoms with Crippen molar-refractivity contribution in [3.05, 3.63) is 35.6 Å². The van der Waals surface area contributed by atoms with E-state index in [4.69, 9.17) is 4.99 Å². The zero-order valence-electron chi connectivity index (χ0n) is 15.7. The van der Waals surface area contributed by atoms with Gasteiger partial charge in [-0.15, -0.1) is 0 Å². The van der Waals surface area contributed by atoms with Gasteiger partial charge in [-0.25, -0.2) is 4.39 Å². The number of unbranched alkanes of at least 4 members (excludes halogenated alkanes) is 1. The molecule has 0 aromatic heterocycles. The Kier molecular flexibility index (Phi) is 10.1. The number of nitrogens with zero attached hydrogens (tertiary/aromatic N) is 3. The third-order valence-electron chi connectivity index (χ3n) is 4.04. The lowest BCUT2D eigenvalue weighted by molar-refractivity contribution is 0.297. The number of halogens is 1. The summed E-state index contributed by atoms with van der Waals surface area (Å²) < 4.78 is 13.3. The summed E-state index contributed by atoms with van der Waals surface area (Å²) in [4.78, 5) is 9.18. The number of hydrogen-bond donors (Lipinski definition) is 1. The minimum atomic E-state index is -0.195. The fraction of sp³-hybridized carbons (Fsp3) is 0.632. The molecule has 5 heteroatoms. The second-order valence-electron chi connectivity index (χ2n) is 5.96. The zero-order valence-corrected chi connectivity index (χ0v) is 15.7. The van der Waals surface area contributed by atoms with Crippen molar-refractivity contribution in [1.82, 2.24) is 15.1 Å². The van der Waals surface area contributed by atoms with Crippen molar-refractivity contribution in [3.63, 3.8) is 0 Å². The second kappa shape index (κ2) is 11.8. The molecule has 0 aliphatic rings. The monoisotopic (exact) mass is 336 g/mol. The van der Waals surface area contributed by atoms with Crippen molar-refractivity contribution in [1.29, 1.82) is 0 Å². The van der Waals surface area contributed by atoms with E-state index in [0.717, 1.165) is 57.1 Å². The predicted molar refractivity (Wildman–Crippen MR) is 101 cm³/mol. The van der Waals surface area contributed by atoms with Crippen LogP contribution >= 0.6 is 0 Å². The van der Waals surface area contributed by atoms with Gasteiger partial charge in [0.05, 0.1) is 0 Å². The lowest BCUT2D eigenvalue weighted by Crippen LogP contribution is -2.38. The highest BCUT2D eigenvalue weighted by Gasteiger charge is 2.07. The quantitative estimate of drug-likeness (QED) is 0.404. The van der Waals surface area contributed by atoms with Gasteiger partial charge in [-0.05, 0) is 57.1 Å². The van der Waals surface area contributed by atoms with Crippen LogP contribution in [-0.2, 0) is 6.54 Å². The zero-order chi connectivity index (χ0) is 17.8. The molecule has 0 fully saturated rings. The molecule has 136 valence electrons. The van der Waals surface area contributed by atoms with Gasteiger partial charge in [-0.1, -0.05) is 26.0 Å². The maximum atomic E-state index is 13.3. The average molecular weight is 336 g/mol. The van der Waals surface area contributed by atoms with Crippen molar-refractivity contribution < 1.29 is 4.39 Å². The molecule has 1 aromatic rings. The third kappa shape index (κ3) is 7.77. The molecule has 0 radical (unpaired) electrons. The van der Waals surface area contributed by atoms with E-state index in [1.165, 1.54) is 6.07 Å². The second-order valence-corrected chi connectivity index (χ2v) is 5.96. The van der Waals surface area contributed by atoms with Crippen LogP contribution in [0.5, 0.6) is 0 Å². The topological polar surface area (TPSA) is 30.9 Å². The molecule has 0 saturated carbocycles. The van der Waals surface area contributed by atoms with Gasteiger partial charge in [0, 0.05) is 26.7 Å². The van der Waals surface area contributed by atoms with Crippen molar-refractivity contribution in [3.8, 4) is 0 Å². The molecule has 24 heavy (non-hydrogen) atoms. The molecule has 0 atom stereocenters. The lowest BCUT2D eigenvalue weighted by atomic mass is 10.2. The SMILES string of the molecule is CCNC(=NCCCCN(CC)CC)N(C)Cc1cccc(F)c1. The minimum Gasteiger partial charge on any atom is -0.357 e. The summed E-state index contributed by atoms with van der Waals surface area (Å²) in [6.07, 6.45) is 2.25. The van der Waals surface area contributed by atoms with Gasteiger partial charge in [0.2, 0.25) is 0 Å². The van der Waals surface area contributed by atoms with Crippen LogP contribution in [0.3, 0.4) is 0 Å². The van der Waals surface area contributed by atoms with Crippen LogP contribution in [0.2, 0.25) is 0 Å². The van der Waals surface area contributed by atoms with E-state index in [9.17, 15) is 4.39 Å². The largest absolute Gasteiger partial charge is 0.357 e. The van der Waals surface area contributed by atoms with Gasteiger partial charge in [0.15, 0.2) is 5.96 Å². The number of benzene rings is 1. The molecule has 0 amide bonds. The first kappa shape index (κ1) is 20.4. The molecular formula is C19H33FN4. The third-order valence-corrected chi connectivity index (χ3v) is 4.04. The lowest BCUT2D eigenvalue weighted by Gasteiger charge is -2.22. The van der Waals surface area contributed by atoms with E-state index in [2.05, 4.69) is 31.0 Å². The Morgan fingerprint density at radius 1 is 1.17 bits per heavy atom. The van der Waals surface area contributed by atoms with Crippen molar-refractivity contribution >= 4 is 5.96 Å². The summed E-state index contributed by atoms with van der Waals surface area (Å²) in [7, 11) is 1.99. The van der Waals surface area contributed by atoms with Crippen LogP contribution in [-0.4, -0.2) is 55.5 Å². The summed E-state index contributed by atoms with van der Waals surface area (Å²) in [5, 5.41) is 3.31. The summed E-state index contributed by atoms with van der Waals surface area (Å²) in [6, 6.07) is 6.73.